The van der Waals surface area contributed by atoms with E-state index in [2.05, 4.69) is 10.1 Å². The van der Waals surface area contributed by atoms with Gasteiger partial charge in [-0.1, -0.05) is 0 Å². The number of methoxy groups -OCH3 is 2. The van der Waals surface area contributed by atoms with Gasteiger partial charge < -0.3 is 24.6 Å². The van der Waals surface area contributed by atoms with E-state index in [0.717, 1.165) is 0 Å². The highest BCUT2D eigenvalue weighted by molar-refractivity contribution is 5.77. The minimum Gasteiger partial charge on any atom is -0.480 e. The number of nitrogens with one attached hydrogen (secondary N) is 1. The molecular formula is C8H15NO6. The Morgan fingerprint density at radius 2 is 1.87 bits per heavy atom. The number of rotatable bonds is 8. The zero-order valence-corrected chi connectivity index (χ0v) is 8.69. The normalized spacial score (nSPS) is 10.3. The molecule has 0 spiro atoms. The number of hydrogen-bond donors (Lipinski definition) is 2. The number of aliphatic carboxylic acids is 1. The molecule has 0 unspecified atom stereocenters. The molecule has 7 nitrogen and oxygen atoms in total. The van der Waals surface area contributed by atoms with Gasteiger partial charge in [-0.3, -0.25) is 4.79 Å². The molecule has 0 aliphatic heterocycles. The molecule has 88 valence electrons. The summed E-state index contributed by atoms with van der Waals surface area (Å²) in [6.45, 7) is -0.611. The summed E-state index contributed by atoms with van der Waals surface area (Å²) in [7, 11) is 2.89. The molecular weight excluding hydrogens is 206 g/mol. The number of hydrogen-bond acceptors (Lipinski definition) is 5. The van der Waals surface area contributed by atoms with E-state index in [9.17, 15) is 9.59 Å². The number of amides is 1. The van der Waals surface area contributed by atoms with Gasteiger partial charge in [0, 0.05) is 14.2 Å². The molecule has 0 bridgehead atoms. The lowest BCUT2D eigenvalue weighted by Crippen LogP contribution is -2.36. The first-order valence-corrected chi connectivity index (χ1v) is 4.22. The van der Waals surface area contributed by atoms with Gasteiger partial charge in [-0.05, 0) is 0 Å². The standard InChI is InChI=1S/C8H15NO6/c1-13-8(14-2)3-9-6(10)4-15-5-7(11)12/h8H,3-5H2,1-2H3,(H,9,10)(H,11,12). The monoisotopic (exact) mass is 221 g/mol. The van der Waals surface area contributed by atoms with Crippen LogP contribution in [0.15, 0.2) is 0 Å². The molecule has 0 aliphatic rings. The van der Waals surface area contributed by atoms with Crippen molar-refractivity contribution in [3.8, 4) is 0 Å². The van der Waals surface area contributed by atoms with Gasteiger partial charge >= 0.3 is 5.97 Å². The lowest BCUT2D eigenvalue weighted by atomic mass is 10.5. The van der Waals surface area contributed by atoms with E-state index in [-0.39, 0.29) is 13.2 Å². The molecule has 0 aliphatic carbocycles. The highest BCUT2D eigenvalue weighted by Crippen LogP contribution is 1.87. The second-order valence-electron chi connectivity index (χ2n) is 2.59. The number of ether oxygens (including phenoxy) is 3. The third kappa shape index (κ3) is 7.86. The molecule has 0 rings (SSSR count). The zero-order chi connectivity index (χ0) is 11.7. The highest BCUT2D eigenvalue weighted by atomic mass is 16.7. The first-order chi connectivity index (χ1) is 7.10. The largest absolute Gasteiger partial charge is 0.480 e. The molecule has 2 N–H and O–H groups in total. The van der Waals surface area contributed by atoms with Crippen molar-refractivity contribution in [2.24, 2.45) is 0 Å². The van der Waals surface area contributed by atoms with E-state index in [4.69, 9.17) is 14.6 Å². The Kier molecular flexibility index (Phi) is 7.51. The molecule has 0 atom stereocenters. The topological polar surface area (TPSA) is 94.1 Å². The summed E-state index contributed by atoms with van der Waals surface area (Å²) in [5.41, 5.74) is 0. The van der Waals surface area contributed by atoms with E-state index in [0.29, 0.717) is 0 Å². The van der Waals surface area contributed by atoms with Gasteiger partial charge in [0.2, 0.25) is 5.91 Å². The Morgan fingerprint density at radius 1 is 1.27 bits per heavy atom. The lowest BCUT2D eigenvalue weighted by molar-refractivity contribution is -0.144. The average molecular weight is 221 g/mol. The predicted octanol–water partition coefficient (Wildman–Crippen LogP) is -1.18. The highest BCUT2D eigenvalue weighted by Gasteiger charge is 2.08. The molecule has 0 aromatic rings. The minimum atomic E-state index is -1.12. The first-order valence-electron chi connectivity index (χ1n) is 4.22. The van der Waals surface area contributed by atoms with Crippen LogP contribution >= 0.6 is 0 Å². The molecule has 0 aromatic carbocycles. The summed E-state index contributed by atoms with van der Waals surface area (Å²) >= 11 is 0. The van der Waals surface area contributed by atoms with Crippen LogP contribution in [0.5, 0.6) is 0 Å². The summed E-state index contributed by atoms with van der Waals surface area (Å²) in [6, 6.07) is 0. The SMILES string of the molecule is COC(CNC(=O)COCC(=O)O)OC. The van der Waals surface area contributed by atoms with E-state index < -0.39 is 24.8 Å². The van der Waals surface area contributed by atoms with Gasteiger partial charge in [-0.2, -0.15) is 0 Å². The van der Waals surface area contributed by atoms with Crippen LogP contribution in [0.1, 0.15) is 0 Å². The van der Waals surface area contributed by atoms with E-state index in [1.807, 2.05) is 0 Å². The van der Waals surface area contributed by atoms with E-state index in [1.165, 1.54) is 14.2 Å². The van der Waals surface area contributed by atoms with Crippen LogP contribution in [0.3, 0.4) is 0 Å². The van der Waals surface area contributed by atoms with Crippen LogP contribution in [0, 0.1) is 0 Å². The molecule has 7 heteroatoms. The van der Waals surface area contributed by atoms with Crippen LogP contribution < -0.4 is 5.32 Å². The Morgan fingerprint density at radius 3 is 2.33 bits per heavy atom. The second-order valence-corrected chi connectivity index (χ2v) is 2.59. The van der Waals surface area contributed by atoms with E-state index >= 15 is 0 Å². The second kappa shape index (κ2) is 8.16. The Labute approximate surface area is 87.3 Å². The van der Waals surface area contributed by atoms with Crippen LogP contribution in [-0.4, -0.2) is 57.3 Å². The third-order valence-electron chi connectivity index (χ3n) is 1.45. The van der Waals surface area contributed by atoms with Crippen LogP contribution in [0.4, 0.5) is 0 Å². The van der Waals surface area contributed by atoms with Crippen LogP contribution in [0.25, 0.3) is 0 Å². The molecule has 0 heterocycles. The fourth-order valence-corrected chi connectivity index (χ4v) is 0.742. The van der Waals surface area contributed by atoms with Crippen molar-refractivity contribution in [3.05, 3.63) is 0 Å². The summed E-state index contributed by atoms with van der Waals surface area (Å²) in [6.07, 6.45) is -0.520. The summed E-state index contributed by atoms with van der Waals surface area (Å²) < 4.78 is 14.2. The van der Waals surface area contributed by atoms with Crippen LogP contribution in [-0.2, 0) is 23.8 Å². The molecule has 0 saturated carbocycles. The molecule has 0 radical (unpaired) electrons. The lowest BCUT2D eigenvalue weighted by Gasteiger charge is -2.13. The van der Waals surface area contributed by atoms with Crippen molar-refractivity contribution in [1.82, 2.24) is 5.32 Å². The van der Waals surface area contributed by atoms with Crippen molar-refractivity contribution in [3.63, 3.8) is 0 Å². The van der Waals surface area contributed by atoms with Gasteiger partial charge in [0.1, 0.15) is 13.2 Å². The quantitative estimate of drug-likeness (QED) is 0.501. The fraction of sp³-hybridized carbons (Fsp3) is 0.750. The van der Waals surface area contributed by atoms with Crippen molar-refractivity contribution < 1.29 is 28.9 Å². The number of carbonyl (C=O) groups excluding carboxylic acids is 1. The smallest absolute Gasteiger partial charge is 0.329 e. The van der Waals surface area contributed by atoms with Gasteiger partial charge in [0.25, 0.3) is 0 Å². The summed E-state index contributed by atoms with van der Waals surface area (Å²) in [4.78, 5) is 21.1. The summed E-state index contributed by atoms with van der Waals surface area (Å²) in [5.74, 6) is -1.54. The first kappa shape index (κ1) is 13.8. The van der Waals surface area contributed by atoms with Crippen molar-refractivity contribution in [2.45, 2.75) is 6.29 Å². The average Bonchev–Trinajstić information content (AvgIpc) is 2.18. The van der Waals surface area contributed by atoms with Crippen molar-refractivity contribution in [2.75, 3.05) is 34.0 Å². The third-order valence-corrected chi connectivity index (χ3v) is 1.45. The van der Waals surface area contributed by atoms with Gasteiger partial charge in [0.05, 0.1) is 6.54 Å². The van der Waals surface area contributed by atoms with Gasteiger partial charge in [-0.15, -0.1) is 0 Å². The molecule has 0 fully saturated rings. The van der Waals surface area contributed by atoms with Crippen molar-refractivity contribution >= 4 is 11.9 Å². The summed E-state index contributed by atoms with van der Waals surface area (Å²) in [5, 5.41) is 10.7. The van der Waals surface area contributed by atoms with Crippen LogP contribution in [0.2, 0.25) is 0 Å². The fourth-order valence-electron chi connectivity index (χ4n) is 0.742. The maximum absolute atomic E-state index is 11.0. The maximum atomic E-state index is 11.0. The number of carboxylic acid groups (broad SMARTS) is 1. The van der Waals surface area contributed by atoms with E-state index in [1.54, 1.807) is 0 Å². The minimum absolute atomic E-state index is 0.183. The molecule has 1 amide bonds. The molecule has 0 saturated heterocycles. The maximum Gasteiger partial charge on any atom is 0.329 e. The number of carbonyl (C=O) groups is 2. The Balaban J connectivity index is 3.52. The predicted molar refractivity (Wildman–Crippen MR) is 49.3 cm³/mol. The molecule has 15 heavy (non-hydrogen) atoms. The molecule has 0 aromatic heterocycles. The van der Waals surface area contributed by atoms with Gasteiger partial charge in [-0.25, -0.2) is 4.79 Å². The number of carboxylic acids is 1. The van der Waals surface area contributed by atoms with Gasteiger partial charge in [0.15, 0.2) is 6.29 Å². The Bertz CT molecular complexity index is 203. The Hall–Kier alpha value is -1.18. The zero-order valence-electron chi connectivity index (χ0n) is 8.69. The van der Waals surface area contributed by atoms with Crippen molar-refractivity contribution in [1.29, 1.82) is 0 Å².